The van der Waals surface area contributed by atoms with Crippen LogP contribution in [0.15, 0.2) is 60.9 Å². The number of pyridine rings is 2. The van der Waals surface area contributed by atoms with Crippen LogP contribution >= 0.6 is 0 Å². The van der Waals surface area contributed by atoms with Crippen LogP contribution in [0.2, 0.25) is 0 Å². The van der Waals surface area contributed by atoms with Gasteiger partial charge >= 0.3 is 0 Å². The van der Waals surface area contributed by atoms with Gasteiger partial charge in [-0.1, -0.05) is 6.07 Å². The molecule has 1 saturated carbocycles. The van der Waals surface area contributed by atoms with E-state index in [9.17, 15) is 4.39 Å². The molecule has 34 heavy (non-hydrogen) atoms. The Hall–Kier alpha value is -4.07. The van der Waals surface area contributed by atoms with E-state index in [1.165, 1.54) is 12.8 Å². The van der Waals surface area contributed by atoms with Gasteiger partial charge in [-0.05, 0) is 66.4 Å². The zero-order chi connectivity index (χ0) is 22.8. The number of halogens is 1. The Morgan fingerprint density at radius 3 is 2.71 bits per heavy atom. The van der Waals surface area contributed by atoms with E-state index in [4.69, 9.17) is 20.8 Å². The highest BCUT2D eigenvalue weighted by molar-refractivity contribution is 5.83. The second-order valence-electron chi connectivity index (χ2n) is 9.14. The van der Waals surface area contributed by atoms with Crippen LogP contribution in [0.4, 0.5) is 10.2 Å². The molecular weight excluding hydrogens is 429 g/mol. The number of benzene rings is 1. The fourth-order valence-electron chi connectivity index (χ4n) is 4.86. The quantitative estimate of drug-likeness (QED) is 0.433. The van der Waals surface area contributed by atoms with Crippen molar-refractivity contribution in [2.24, 2.45) is 0 Å². The first-order valence-electron chi connectivity index (χ1n) is 11.6. The van der Waals surface area contributed by atoms with Gasteiger partial charge in [-0.15, -0.1) is 0 Å². The predicted molar refractivity (Wildman–Crippen MR) is 128 cm³/mol. The molecule has 0 spiro atoms. The summed E-state index contributed by atoms with van der Waals surface area (Å²) in [4.78, 5) is 14.1. The average molecular weight is 452 g/mol. The molecule has 1 fully saturated rings. The lowest BCUT2D eigenvalue weighted by Gasteiger charge is -2.12. The molecular formula is C26H22FN7. The van der Waals surface area contributed by atoms with Gasteiger partial charge < -0.3 is 5.73 Å². The smallest absolute Gasteiger partial charge is 0.167 e. The highest BCUT2D eigenvalue weighted by atomic mass is 19.1. The van der Waals surface area contributed by atoms with Gasteiger partial charge in [0.05, 0.1) is 11.3 Å². The molecule has 168 valence electrons. The molecule has 0 saturated heterocycles. The standard InChI is InChI=1S/C26H22FN7/c27-18-12-16-5-6-19(14-17(16)13-18)34-25(20-2-1-10-29-24(20)28)30-22-7-8-23(31-26(22)34)33-11-9-21(32-33)15-3-4-15/h1-2,5-11,14-15,18H,3-4,12-13H2,(H2,28,29). The number of imidazole rings is 1. The van der Waals surface area contributed by atoms with Crippen LogP contribution in [-0.2, 0) is 12.8 Å². The monoisotopic (exact) mass is 451 g/mol. The van der Waals surface area contributed by atoms with Gasteiger partial charge in [-0.2, -0.15) is 5.10 Å². The number of hydrogen-bond acceptors (Lipinski definition) is 5. The van der Waals surface area contributed by atoms with E-state index in [1.54, 1.807) is 6.20 Å². The minimum atomic E-state index is -0.830. The zero-order valence-electron chi connectivity index (χ0n) is 18.4. The Bertz CT molecular complexity index is 1560. The number of hydrogen-bond donors (Lipinski definition) is 1. The number of anilines is 1. The van der Waals surface area contributed by atoms with Crippen LogP contribution in [0.25, 0.3) is 34.1 Å². The van der Waals surface area contributed by atoms with Crippen molar-refractivity contribution >= 4 is 17.0 Å². The summed E-state index contributed by atoms with van der Waals surface area (Å²) in [6.45, 7) is 0. The summed E-state index contributed by atoms with van der Waals surface area (Å²) in [5, 5.41) is 4.74. The van der Waals surface area contributed by atoms with Crippen molar-refractivity contribution in [3.8, 4) is 22.9 Å². The largest absolute Gasteiger partial charge is 0.383 e. The zero-order valence-corrected chi connectivity index (χ0v) is 18.4. The third-order valence-corrected chi connectivity index (χ3v) is 6.74. The number of nitrogens with two attached hydrogens (primary N) is 1. The van der Waals surface area contributed by atoms with Crippen LogP contribution in [0, 0.1) is 0 Å². The van der Waals surface area contributed by atoms with E-state index < -0.39 is 6.17 Å². The number of rotatable bonds is 4. The molecule has 1 aromatic carbocycles. The molecule has 0 bridgehead atoms. The third kappa shape index (κ3) is 3.09. The minimum Gasteiger partial charge on any atom is -0.383 e. The van der Waals surface area contributed by atoms with Crippen LogP contribution in [0.1, 0.15) is 35.6 Å². The molecule has 2 aliphatic rings. The lowest BCUT2D eigenvalue weighted by atomic mass is 10.1. The summed E-state index contributed by atoms with van der Waals surface area (Å²) < 4.78 is 17.9. The lowest BCUT2D eigenvalue weighted by molar-refractivity contribution is 0.349. The van der Waals surface area contributed by atoms with Gasteiger partial charge in [0.25, 0.3) is 0 Å². The highest BCUT2D eigenvalue weighted by Crippen LogP contribution is 2.39. The second kappa shape index (κ2) is 7.21. The van der Waals surface area contributed by atoms with E-state index in [-0.39, 0.29) is 0 Å². The summed E-state index contributed by atoms with van der Waals surface area (Å²) in [6, 6.07) is 15.7. The Kier molecular flexibility index (Phi) is 4.12. The van der Waals surface area contributed by atoms with Crippen LogP contribution in [0.3, 0.4) is 0 Å². The van der Waals surface area contributed by atoms with Crippen molar-refractivity contribution < 1.29 is 4.39 Å². The number of nitrogen functional groups attached to an aromatic ring is 1. The topological polar surface area (TPSA) is 87.4 Å². The van der Waals surface area contributed by atoms with E-state index >= 15 is 0 Å². The van der Waals surface area contributed by atoms with Crippen molar-refractivity contribution in [2.75, 3.05) is 5.73 Å². The van der Waals surface area contributed by atoms with E-state index in [0.717, 1.165) is 39.4 Å². The molecule has 1 unspecified atom stereocenters. The molecule has 8 heteroatoms. The van der Waals surface area contributed by atoms with Crippen molar-refractivity contribution in [3.05, 3.63) is 77.7 Å². The number of alkyl halides is 1. The van der Waals surface area contributed by atoms with Crippen LogP contribution in [0.5, 0.6) is 0 Å². The second-order valence-corrected chi connectivity index (χ2v) is 9.14. The first kappa shape index (κ1) is 19.4. The van der Waals surface area contributed by atoms with E-state index in [2.05, 4.69) is 11.1 Å². The van der Waals surface area contributed by atoms with Crippen molar-refractivity contribution in [3.63, 3.8) is 0 Å². The van der Waals surface area contributed by atoms with Gasteiger partial charge in [0, 0.05) is 36.8 Å². The minimum absolute atomic E-state index is 0.394. The van der Waals surface area contributed by atoms with Gasteiger partial charge in [0.1, 0.15) is 17.5 Å². The Labute approximate surface area is 195 Å². The molecule has 4 aromatic heterocycles. The first-order chi connectivity index (χ1) is 16.6. The average Bonchev–Trinajstić information content (AvgIpc) is 3.27. The highest BCUT2D eigenvalue weighted by Gasteiger charge is 2.27. The SMILES string of the molecule is Nc1ncccc1-c1nc2ccc(-n3ccc(C4CC4)n3)nc2n1-c1ccc2c(c1)CC(F)C2. The van der Waals surface area contributed by atoms with Crippen molar-refractivity contribution in [2.45, 2.75) is 37.8 Å². The summed E-state index contributed by atoms with van der Waals surface area (Å²) >= 11 is 0. The maximum Gasteiger partial charge on any atom is 0.167 e. The summed E-state index contributed by atoms with van der Waals surface area (Å²) in [5.41, 5.74) is 12.4. The summed E-state index contributed by atoms with van der Waals surface area (Å²) in [7, 11) is 0. The first-order valence-corrected chi connectivity index (χ1v) is 11.6. The van der Waals surface area contributed by atoms with Crippen LogP contribution < -0.4 is 5.73 Å². The molecule has 7 rings (SSSR count). The maximum absolute atomic E-state index is 14.1. The number of fused-ring (bicyclic) bond motifs is 2. The Morgan fingerprint density at radius 2 is 1.85 bits per heavy atom. The molecule has 2 aliphatic carbocycles. The van der Waals surface area contributed by atoms with E-state index in [1.807, 2.05) is 57.9 Å². The third-order valence-electron chi connectivity index (χ3n) is 6.74. The molecule has 1 atom stereocenters. The van der Waals surface area contributed by atoms with Gasteiger partial charge in [0.15, 0.2) is 17.3 Å². The summed E-state index contributed by atoms with van der Waals surface area (Å²) in [6.07, 6.45) is 6.08. The van der Waals surface area contributed by atoms with Crippen molar-refractivity contribution in [1.82, 2.24) is 29.3 Å². The predicted octanol–water partition coefficient (Wildman–Crippen LogP) is 4.56. The summed E-state index contributed by atoms with van der Waals surface area (Å²) in [5.74, 6) is 2.34. The molecule has 0 aliphatic heterocycles. The fraction of sp³-hybridized carbons (Fsp3) is 0.231. The molecule has 5 aromatic rings. The Balaban J connectivity index is 1.44. The molecule has 4 heterocycles. The number of nitrogens with zero attached hydrogens (tertiary/aromatic N) is 6. The van der Waals surface area contributed by atoms with E-state index in [0.29, 0.717) is 36.0 Å². The van der Waals surface area contributed by atoms with Crippen LogP contribution in [-0.4, -0.2) is 35.5 Å². The molecule has 2 N–H and O–H groups in total. The lowest BCUT2D eigenvalue weighted by Crippen LogP contribution is -2.04. The van der Waals surface area contributed by atoms with Gasteiger partial charge in [-0.3, -0.25) is 4.57 Å². The van der Waals surface area contributed by atoms with Gasteiger partial charge in [-0.25, -0.2) is 24.0 Å². The number of aromatic nitrogens is 6. The Morgan fingerprint density at radius 1 is 0.971 bits per heavy atom. The normalized spacial score (nSPS) is 17.4. The van der Waals surface area contributed by atoms with Crippen molar-refractivity contribution in [1.29, 1.82) is 0 Å². The maximum atomic E-state index is 14.1. The molecule has 0 amide bonds. The molecule has 7 nitrogen and oxygen atoms in total. The molecule has 0 radical (unpaired) electrons. The van der Waals surface area contributed by atoms with Gasteiger partial charge in [0.2, 0.25) is 0 Å². The fourth-order valence-corrected chi connectivity index (χ4v) is 4.86.